The van der Waals surface area contributed by atoms with E-state index in [4.69, 9.17) is 9.47 Å². The molecular formula is C22H23ClN2O2. The van der Waals surface area contributed by atoms with Gasteiger partial charge in [-0.25, -0.2) is 0 Å². The molecule has 2 N–H and O–H groups in total. The van der Waals surface area contributed by atoms with Crippen LogP contribution >= 0.6 is 12.4 Å². The van der Waals surface area contributed by atoms with E-state index < -0.39 is 0 Å². The van der Waals surface area contributed by atoms with Gasteiger partial charge in [0.2, 0.25) is 0 Å². The number of rotatable bonds is 5. The molecule has 3 aromatic rings. The van der Waals surface area contributed by atoms with E-state index in [1.54, 1.807) is 0 Å². The van der Waals surface area contributed by atoms with E-state index >= 15 is 0 Å². The van der Waals surface area contributed by atoms with Gasteiger partial charge >= 0.3 is 0 Å². The first-order valence-corrected chi connectivity index (χ1v) is 8.92. The molecule has 1 aliphatic rings. The lowest BCUT2D eigenvalue weighted by molar-refractivity contribution is 0.409. The lowest BCUT2D eigenvalue weighted by Gasteiger charge is -2.25. The third-order valence-corrected chi connectivity index (χ3v) is 4.35. The molecular weight excluding hydrogens is 360 g/mol. The van der Waals surface area contributed by atoms with Gasteiger partial charge in [-0.1, -0.05) is 42.5 Å². The first-order valence-electron chi connectivity index (χ1n) is 8.92. The molecule has 0 aromatic heterocycles. The van der Waals surface area contributed by atoms with E-state index in [-0.39, 0.29) is 18.4 Å². The Bertz CT molecular complexity index is 837. The Kier molecular flexibility index (Phi) is 6.71. The average Bonchev–Trinajstić information content (AvgIpc) is 2.71. The Morgan fingerprint density at radius 2 is 1.33 bits per heavy atom. The molecule has 0 spiro atoms. The smallest absolute Gasteiger partial charge is 0.170 e. The Labute approximate surface area is 165 Å². The summed E-state index contributed by atoms with van der Waals surface area (Å²) in [5, 5.41) is 6.96. The number of nitrogens with one attached hydrogen (secondary N) is 2. The molecule has 0 amide bonds. The highest BCUT2D eigenvalue weighted by Crippen LogP contribution is 2.36. The number of ether oxygens (including phenoxy) is 2. The van der Waals surface area contributed by atoms with E-state index in [2.05, 4.69) is 22.8 Å². The first-order chi connectivity index (χ1) is 12.9. The summed E-state index contributed by atoms with van der Waals surface area (Å²) in [4.78, 5) is 0. The molecule has 140 valence electrons. The lowest BCUT2D eigenvalue weighted by Crippen LogP contribution is -2.42. The summed E-state index contributed by atoms with van der Waals surface area (Å²) in [6.45, 7) is 2.87. The van der Waals surface area contributed by atoms with E-state index in [1.807, 2.05) is 66.7 Å². The maximum Gasteiger partial charge on any atom is 0.170 e. The molecule has 0 aliphatic carbocycles. The minimum atomic E-state index is 0. The number of halogens is 1. The second-order valence-electron chi connectivity index (χ2n) is 6.25. The van der Waals surface area contributed by atoms with E-state index in [0.717, 1.165) is 31.1 Å². The van der Waals surface area contributed by atoms with Crippen LogP contribution in [-0.2, 0) is 0 Å². The first kappa shape index (κ1) is 19.2. The molecule has 1 aliphatic heterocycles. The Morgan fingerprint density at radius 1 is 0.704 bits per heavy atom. The highest BCUT2D eigenvalue weighted by molar-refractivity contribution is 5.85. The average molecular weight is 383 g/mol. The number of hydrogen-bond acceptors (Lipinski definition) is 4. The molecule has 27 heavy (non-hydrogen) atoms. The van der Waals surface area contributed by atoms with Gasteiger partial charge in [-0.05, 0) is 42.0 Å². The van der Waals surface area contributed by atoms with Gasteiger partial charge in [-0.15, -0.1) is 12.4 Å². The fourth-order valence-corrected chi connectivity index (χ4v) is 3.03. The van der Waals surface area contributed by atoms with Crippen molar-refractivity contribution in [3.05, 3.63) is 84.4 Å². The molecule has 0 saturated carbocycles. The van der Waals surface area contributed by atoms with Gasteiger partial charge < -0.3 is 20.1 Å². The van der Waals surface area contributed by atoms with Crippen molar-refractivity contribution >= 4 is 12.4 Å². The summed E-state index contributed by atoms with van der Waals surface area (Å²) in [7, 11) is 0. The quantitative estimate of drug-likeness (QED) is 0.656. The van der Waals surface area contributed by atoms with Crippen LogP contribution < -0.4 is 20.1 Å². The van der Waals surface area contributed by atoms with Gasteiger partial charge in [0.05, 0.1) is 0 Å². The summed E-state index contributed by atoms with van der Waals surface area (Å²) in [5.74, 6) is 2.99. The van der Waals surface area contributed by atoms with Crippen LogP contribution in [0.2, 0.25) is 0 Å². The van der Waals surface area contributed by atoms with Crippen molar-refractivity contribution in [3.63, 3.8) is 0 Å². The third kappa shape index (κ3) is 5.01. The van der Waals surface area contributed by atoms with Crippen molar-refractivity contribution in [2.24, 2.45) is 0 Å². The van der Waals surface area contributed by atoms with Crippen LogP contribution in [0.5, 0.6) is 23.0 Å². The van der Waals surface area contributed by atoms with Crippen LogP contribution in [0.4, 0.5) is 0 Å². The zero-order valence-electron chi connectivity index (χ0n) is 14.9. The number of piperazine rings is 1. The number of hydrogen-bond donors (Lipinski definition) is 2. The zero-order chi connectivity index (χ0) is 17.6. The molecule has 5 heteroatoms. The topological polar surface area (TPSA) is 42.5 Å². The van der Waals surface area contributed by atoms with Gasteiger partial charge in [-0.3, -0.25) is 0 Å². The van der Waals surface area contributed by atoms with E-state index in [0.29, 0.717) is 11.5 Å². The monoisotopic (exact) mass is 382 g/mol. The van der Waals surface area contributed by atoms with Crippen molar-refractivity contribution in [2.45, 2.75) is 6.04 Å². The normalized spacial score (nSPS) is 16.2. The van der Waals surface area contributed by atoms with Crippen LogP contribution in [0.15, 0.2) is 78.9 Å². The van der Waals surface area contributed by atoms with Gasteiger partial charge in [0.15, 0.2) is 11.5 Å². The largest absolute Gasteiger partial charge is 0.453 e. The Hall–Kier alpha value is -2.53. The summed E-state index contributed by atoms with van der Waals surface area (Å²) in [6, 6.07) is 26.0. The molecule has 0 bridgehead atoms. The SMILES string of the molecule is Cl.c1ccc(Oc2ccc([C@@H]3CNCCN3)cc2Oc2ccccc2)cc1. The van der Waals surface area contributed by atoms with E-state index in [9.17, 15) is 0 Å². The molecule has 0 unspecified atom stereocenters. The van der Waals surface area contributed by atoms with Crippen LogP contribution in [-0.4, -0.2) is 19.6 Å². The maximum atomic E-state index is 6.14. The Morgan fingerprint density at radius 3 is 1.93 bits per heavy atom. The van der Waals surface area contributed by atoms with Crippen molar-refractivity contribution < 1.29 is 9.47 Å². The van der Waals surface area contributed by atoms with Crippen LogP contribution in [0.1, 0.15) is 11.6 Å². The standard InChI is InChI=1S/C22H22N2O2.ClH/c1-3-7-18(8-4-1)25-21-12-11-17(20-16-23-13-14-24-20)15-22(21)26-19-9-5-2-6-10-19;/h1-12,15,20,23-24H,13-14,16H2;1H/t20-;/m0./s1. The number of benzene rings is 3. The predicted molar refractivity (Wildman–Crippen MR) is 110 cm³/mol. The molecule has 1 saturated heterocycles. The highest BCUT2D eigenvalue weighted by atomic mass is 35.5. The van der Waals surface area contributed by atoms with Crippen molar-refractivity contribution in [1.82, 2.24) is 10.6 Å². The fraction of sp³-hybridized carbons (Fsp3) is 0.182. The maximum absolute atomic E-state index is 6.14. The number of para-hydroxylation sites is 2. The summed E-state index contributed by atoms with van der Waals surface area (Å²) < 4.78 is 12.2. The van der Waals surface area contributed by atoms with Gasteiger partial charge in [0.25, 0.3) is 0 Å². The highest BCUT2D eigenvalue weighted by Gasteiger charge is 2.17. The summed E-state index contributed by atoms with van der Waals surface area (Å²) >= 11 is 0. The molecule has 1 heterocycles. The second-order valence-corrected chi connectivity index (χ2v) is 6.25. The molecule has 3 aromatic carbocycles. The molecule has 4 rings (SSSR count). The molecule has 4 nitrogen and oxygen atoms in total. The molecule has 1 atom stereocenters. The van der Waals surface area contributed by atoms with Gasteiger partial charge in [0.1, 0.15) is 11.5 Å². The zero-order valence-corrected chi connectivity index (χ0v) is 15.7. The fourth-order valence-electron chi connectivity index (χ4n) is 3.03. The Balaban J connectivity index is 0.00000210. The second kappa shape index (κ2) is 9.42. The van der Waals surface area contributed by atoms with Gasteiger partial charge in [-0.2, -0.15) is 0 Å². The predicted octanol–water partition coefficient (Wildman–Crippen LogP) is 4.93. The summed E-state index contributed by atoms with van der Waals surface area (Å²) in [5.41, 5.74) is 1.18. The van der Waals surface area contributed by atoms with Crippen LogP contribution in [0.3, 0.4) is 0 Å². The minimum absolute atomic E-state index is 0. The molecule has 1 fully saturated rings. The summed E-state index contributed by atoms with van der Waals surface area (Å²) in [6.07, 6.45) is 0. The van der Waals surface area contributed by atoms with E-state index in [1.165, 1.54) is 5.56 Å². The van der Waals surface area contributed by atoms with Gasteiger partial charge in [0, 0.05) is 25.7 Å². The third-order valence-electron chi connectivity index (χ3n) is 4.35. The van der Waals surface area contributed by atoms with Crippen molar-refractivity contribution in [1.29, 1.82) is 0 Å². The lowest BCUT2D eigenvalue weighted by atomic mass is 10.0. The van der Waals surface area contributed by atoms with Crippen molar-refractivity contribution in [3.8, 4) is 23.0 Å². The van der Waals surface area contributed by atoms with Crippen molar-refractivity contribution in [2.75, 3.05) is 19.6 Å². The van der Waals surface area contributed by atoms with Crippen LogP contribution in [0.25, 0.3) is 0 Å². The molecule has 0 radical (unpaired) electrons. The minimum Gasteiger partial charge on any atom is -0.453 e. The van der Waals surface area contributed by atoms with Crippen LogP contribution in [0, 0.1) is 0 Å².